The third-order valence-electron chi connectivity index (χ3n) is 7.42. The van der Waals surface area contributed by atoms with Crippen LogP contribution < -0.4 is 4.90 Å². The van der Waals surface area contributed by atoms with Crippen LogP contribution in [-0.4, -0.2) is 0 Å². The molecule has 0 bridgehead atoms. The van der Waals surface area contributed by atoms with E-state index in [1.807, 2.05) is 0 Å². The molecule has 46 heavy (non-hydrogen) atoms. The Morgan fingerprint density at radius 3 is 1.78 bits per heavy atom. The average Bonchev–Trinajstić information content (AvgIpc) is 3.71. The molecule has 1 heterocycles. The third-order valence-corrected chi connectivity index (χ3v) is 7.42. The van der Waals surface area contributed by atoms with E-state index in [-0.39, 0.29) is 16.7 Å². The maximum absolute atomic E-state index is 9.57. The molecule has 0 aliphatic rings. The van der Waals surface area contributed by atoms with Crippen molar-refractivity contribution in [3.05, 3.63) is 175 Å². The van der Waals surface area contributed by atoms with Crippen LogP contribution in [0.5, 0.6) is 0 Å². The second kappa shape index (κ2) is 10.8. The normalized spacial score (nSPS) is 18.2. The van der Waals surface area contributed by atoms with Gasteiger partial charge in [0.05, 0.1) is 35.8 Å². The van der Waals surface area contributed by atoms with Crippen molar-refractivity contribution < 1.29 is 34.6 Å². The molecule has 9 rings (SSSR count). The van der Waals surface area contributed by atoms with Crippen LogP contribution >= 0.6 is 0 Å². The zero-order chi connectivity index (χ0) is 49.6. The van der Waals surface area contributed by atoms with Crippen molar-refractivity contribution in [3.8, 4) is 22.3 Å². The second-order valence-electron chi connectivity index (χ2n) is 10.0. The van der Waals surface area contributed by atoms with Gasteiger partial charge in [-0.1, -0.05) is 139 Å². The zero-order valence-electron chi connectivity index (χ0n) is 45.4. The summed E-state index contributed by atoms with van der Waals surface area (Å²) in [5.74, 6) is 0. The predicted octanol–water partition coefficient (Wildman–Crippen LogP) is 12.7. The Kier molecular flexibility index (Phi) is 2.90. The van der Waals surface area contributed by atoms with E-state index in [0.717, 1.165) is 0 Å². The Morgan fingerprint density at radius 1 is 0.435 bits per heavy atom. The largest absolute Gasteiger partial charge is 0.455 e. The van der Waals surface area contributed by atoms with E-state index >= 15 is 0 Å². The average molecular weight is 610 g/mol. The summed E-state index contributed by atoms with van der Waals surface area (Å²) in [6, 6.07) is -8.21. The zero-order valence-corrected chi connectivity index (χ0v) is 23.4. The highest BCUT2D eigenvalue weighted by Crippen LogP contribution is 2.42. The quantitative estimate of drug-likeness (QED) is 0.193. The topological polar surface area (TPSA) is 16.4 Å². The minimum absolute atomic E-state index is 0.110. The monoisotopic (exact) mass is 609 g/mol. The van der Waals surface area contributed by atoms with E-state index < -0.39 is 183 Å². The third kappa shape index (κ3) is 4.35. The van der Waals surface area contributed by atoms with Gasteiger partial charge in [0.2, 0.25) is 0 Å². The lowest BCUT2D eigenvalue weighted by Gasteiger charge is -2.27. The molecule has 0 spiro atoms. The first-order valence-corrected chi connectivity index (χ1v) is 13.9. The van der Waals surface area contributed by atoms with Gasteiger partial charge in [-0.3, -0.25) is 0 Å². The van der Waals surface area contributed by atoms with Crippen LogP contribution in [0.25, 0.3) is 65.7 Å². The van der Waals surface area contributed by atoms with Crippen LogP contribution in [0.15, 0.2) is 180 Å². The Bertz CT molecular complexity index is 3720. The molecular formula is C44H29NO. The van der Waals surface area contributed by atoms with Crippen LogP contribution in [0.4, 0.5) is 17.1 Å². The standard InChI is InChI=1S/C44H29NO/c1-3-14-36-30(10-1)12-7-17-37(36)32-22-26-34(27-23-32)45(42-20-8-13-31-11-2-4-15-38(31)42)35-28-24-33(25-29-35)39-18-9-19-41-40-16-5-6-21-43(40)46-44(39)41/h1-29H/i1D,2D,3D,4D,7D,8D,10D,11D,12D,13D,14D,15D,17D,20D,22D,23D,24D,25D,26D,27D,28D,29D. The van der Waals surface area contributed by atoms with Crippen molar-refractivity contribution in [3.63, 3.8) is 0 Å². The maximum Gasteiger partial charge on any atom is 0.143 e. The van der Waals surface area contributed by atoms with Crippen molar-refractivity contribution >= 4 is 60.5 Å². The lowest BCUT2D eigenvalue weighted by Crippen LogP contribution is -2.10. The summed E-state index contributed by atoms with van der Waals surface area (Å²) in [5.41, 5.74) is -3.76. The van der Waals surface area contributed by atoms with Crippen LogP contribution in [0.1, 0.15) is 30.2 Å². The van der Waals surface area contributed by atoms with Gasteiger partial charge in [-0.2, -0.15) is 0 Å². The second-order valence-corrected chi connectivity index (χ2v) is 10.0. The summed E-state index contributed by atoms with van der Waals surface area (Å²) in [6.45, 7) is 0. The summed E-state index contributed by atoms with van der Waals surface area (Å²) in [4.78, 5) is 0.550. The molecule has 216 valence electrons. The minimum Gasteiger partial charge on any atom is -0.455 e. The first-order chi connectivity index (χ1) is 32.0. The molecule has 0 amide bonds. The van der Waals surface area contributed by atoms with Crippen LogP contribution in [0.2, 0.25) is 0 Å². The fraction of sp³-hybridized carbons (Fsp3) is 0. The number of para-hydroxylation sites is 2. The fourth-order valence-electron chi connectivity index (χ4n) is 5.34. The molecule has 9 aromatic rings. The Hall–Kier alpha value is -6.12. The van der Waals surface area contributed by atoms with Crippen LogP contribution in [0, 0.1) is 0 Å². The summed E-state index contributed by atoms with van der Waals surface area (Å²) < 4.78 is 204. The molecule has 2 heteroatoms. The first-order valence-electron chi connectivity index (χ1n) is 24.9. The van der Waals surface area contributed by atoms with Crippen molar-refractivity contribution in [2.45, 2.75) is 0 Å². The highest BCUT2D eigenvalue weighted by molar-refractivity contribution is 6.09. The molecule has 0 aliphatic heterocycles. The van der Waals surface area contributed by atoms with E-state index in [1.165, 1.54) is 6.07 Å². The van der Waals surface area contributed by atoms with E-state index in [1.54, 1.807) is 36.4 Å². The minimum atomic E-state index is -1.13. The number of hydrogen-bond acceptors (Lipinski definition) is 2. The number of anilines is 3. The fourth-order valence-corrected chi connectivity index (χ4v) is 5.34. The van der Waals surface area contributed by atoms with Crippen LogP contribution in [0.3, 0.4) is 0 Å². The van der Waals surface area contributed by atoms with Crippen LogP contribution in [-0.2, 0) is 0 Å². The lowest BCUT2D eigenvalue weighted by molar-refractivity contribution is 0.670. The van der Waals surface area contributed by atoms with E-state index in [0.29, 0.717) is 21.3 Å². The Balaban J connectivity index is 1.46. The highest BCUT2D eigenvalue weighted by Gasteiger charge is 2.17. The summed E-state index contributed by atoms with van der Waals surface area (Å²) in [5, 5.41) is -1.24. The van der Waals surface area contributed by atoms with E-state index in [4.69, 9.17) is 22.2 Å². The van der Waals surface area contributed by atoms with Crippen molar-refractivity contribution in [2.24, 2.45) is 0 Å². The predicted molar refractivity (Wildman–Crippen MR) is 194 cm³/mol. The van der Waals surface area contributed by atoms with Gasteiger partial charge in [0.25, 0.3) is 0 Å². The molecule has 0 radical (unpaired) electrons. The lowest BCUT2D eigenvalue weighted by atomic mass is 9.98. The molecule has 0 unspecified atom stereocenters. The number of fused-ring (bicyclic) bond motifs is 5. The van der Waals surface area contributed by atoms with Crippen molar-refractivity contribution in [1.82, 2.24) is 0 Å². The van der Waals surface area contributed by atoms with Crippen molar-refractivity contribution in [1.29, 1.82) is 0 Å². The summed E-state index contributed by atoms with van der Waals surface area (Å²) in [6.07, 6.45) is 0. The van der Waals surface area contributed by atoms with E-state index in [2.05, 4.69) is 0 Å². The van der Waals surface area contributed by atoms with Gasteiger partial charge in [-0.25, -0.2) is 0 Å². The SMILES string of the molecule is [2H]c1c([2H])c(N(c2c([2H])c([2H])c(-c3c([2H])c([2H])c([2H])c4c([2H])c([2H])c([2H])c([2H])c34)c([2H])c2[2H])c2c([2H])c([2H])c([2H])c3c([2H])c([2H])c([2H])c([2H])c23)c([2H])c([2H])c1-c1cccc2c1oc1ccccc12. The highest BCUT2D eigenvalue weighted by atomic mass is 16.3. The smallest absolute Gasteiger partial charge is 0.143 e. The molecule has 1 aromatic heterocycles. The molecule has 2 nitrogen and oxygen atoms in total. The van der Waals surface area contributed by atoms with Gasteiger partial charge in [-0.05, 0) is 69.1 Å². The number of hydrogen-bond donors (Lipinski definition) is 0. The summed E-state index contributed by atoms with van der Waals surface area (Å²) >= 11 is 0. The molecule has 0 atom stereocenters. The molecule has 0 saturated heterocycles. The van der Waals surface area contributed by atoms with Gasteiger partial charge in [0.1, 0.15) is 11.2 Å². The van der Waals surface area contributed by atoms with E-state index in [9.17, 15) is 12.3 Å². The van der Waals surface area contributed by atoms with Gasteiger partial charge in [0, 0.05) is 33.1 Å². The first kappa shape index (κ1) is 12.3. The van der Waals surface area contributed by atoms with Gasteiger partial charge in [0.15, 0.2) is 0 Å². The molecule has 0 fully saturated rings. The number of furan rings is 1. The Labute approximate surface area is 298 Å². The summed E-state index contributed by atoms with van der Waals surface area (Å²) in [7, 11) is 0. The Morgan fingerprint density at radius 2 is 1.02 bits per heavy atom. The molecule has 0 N–H and O–H groups in total. The molecular weight excluding hydrogens is 558 g/mol. The van der Waals surface area contributed by atoms with Gasteiger partial charge in [-0.15, -0.1) is 0 Å². The number of rotatable bonds is 5. The maximum atomic E-state index is 9.57. The number of benzene rings is 8. The molecule has 8 aromatic carbocycles. The molecule has 0 aliphatic carbocycles. The van der Waals surface area contributed by atoms with Crippen molar-refractivity contribution in [2.75, 3.05) is 4.90 Å². The van der Waals surface area contributed by atoms with Gasteiger partial charge >= 0.3 is 0 Å². The molecule has 0 saturated carbocycles. The number of nitrogens with zero attached hydrogens (tertiary/aromatic N) is 1. The van der Waals surface area contributed by atoms with Gasteiger partial charge < -0.3 is 9.32 Å².